The number of aromatic carboxylic acids is 1. The largest absolute Gasteiger partial charge is 0.477 e. The van der Waals surface area contributed by atoms with E-state index >= 15 is 0 Å². The highest BCUT2D eigenvalue weighted by Gasteiger charge is 2.20. The zero-order valence-electron chi connectivity index (χ0n) is 15.0. The number of aromatic nitrogens is 4. The number of aryl methyl sites for hydroxylation is 1. The van der Waals surface area contributed by atoms with Gasteiger partial charge in [0.15, 0.2) is 5.69 Å². The highest BCUT2D eigenvalue weighted by atomic mass is 16.4. The Hall–Kier alpha value is -3.95. The van der Waals surface area contributed by atoms with E-state index in [0.29, 0.717) is 12.2 Å². The molecule has 0 aliphatic heterocycles. The average molecular weight is 382 g/mol. The standard InChI is InChI=1S/C18H18N6O4/c1-2-23-10-13(16(22-23)17(26)20-12-6-4-3-5-7-12)21-15(25)11-24-14(18(27)28)8-9-19-24/h3-10H,2,11H2,1H3,(H,20,26)(H,21,25)(H,27,28). The number of anilines is 2. The Kier molecular flexibility index (Phi) is 5.49. The van der Waals surface area contributed by atoms with Gasteiger partial charge in [-0.2, -0.15) is 10.2 Å². The van der Waals surface area contributed by atoms with Crippen molar-refractivity contribution in [2.24, 2.45) is 0 Å². The molecule has 0 saturated heterocycles. The van der Waals surface area contributed by atoms with Gasteiger partial charge in [-0.05, 0) is 25.1 Å². The second-order valence-corrected chi connectivity index (χ2v) is 5.79. The highest BCUT2D eigenvalue weighted by Crippen LogP contribution is 2.17. The SMILES string of the molecule is CCn1cc(NC(=O)Cn2nccc2C(=O)O)c(C(=O)Nc2ccccc2)n1. The lowest BCUT2D eigenvalue weighted by molar-refractivity contribution is -0.116. The summed E-state index contributed by atoms with van der Waals surface area (Å²) in [4.78, 5) is 36.0. The van der Waals surface area contributed by atoms with Crippen LogP contribution in [-0.4, -0.2) is 42.5 Å². The normalized spacial score (nSPS) is 10.5. The molecule has 2 heterocycles. The number of hydrogen-bond acceptors (Lipinski definition) is 5. The molecule has 28 heavy (non-hydrogen) atoms. The lowest BCUT2D eigenvalue weighted by Gasteiger charge is -2.07. The number of carbonyl (C=O) groups excluding carboxylic acids is 2. The Morgan fingerprint density at radius 3 is 2.54 bits per heavy atom. The van der Waals surface area contributed by atoms with Crippen molar-refractivity contribution in [2.75, 3.05) is 10.6 Å². The molecule has 0 fully saturated rings. The molecule has 144 valence electrons. The highest BCUT2D eigenvalue weighted by molar-refractivity contribution is 6.08. The molecule has 0 bridgehead atoms. The maximum atomic E-state index is 12.6. The van der Waals surface area contributed by atoms with Crippen molar-refractivity contribution in [2.45, 2.75) is 20.0 Å². The van der Waals surface area contributed by atoms with Crippen LogP contribution in [0.1, 0.15) is 27.9 Å². The zero-order chi connectivity index (χ0) is 20.1. The monoisotopic (exact) mass is 382 g/mol. The average Bonchev–Trinajstić information content (AvgIpc) is 3.29. The molecule has 0 saturated carbocycles. The summed E-state index contributed by atoms with van der Waals surface area (Å²) in [7, 11) is 0. The molecule has 0 radical (unpaired) electrons. The lowest BCUT2D eigenvalue weighted by Crippen LogP contribution is -2.23. The van der Waals surface area contributed by atoms with Gasteiger partial charge >= 0.3 is 5.97 Å². The smallest absolute Gasteiger partial charge is 0.354 e. The van der Waals surface area contributed by atoms with Gasteiger partial charge in [-0.15, -0.1) is 0 Å². The molecule has 0 aliphatic rings. The van der Waals surface area contributed by atoms with Crippen molar-refractivity contribution in [3.63, 3.8) is 0 Å². The van der Waals surface area contributed by atoms with Crippen LogP contribution in [0.4, 0.5) is 11.4 Å². The maximum absolute atomic E-state index is 12.6. The van der Waals surface area contributed by atoms with Crippen LogP contribution in [0, 0.1) is 0 Å². The van der Waals surface area contributed by atoms with Crippen molar-refractivity contribution in [1.82, 2.24) is 19.6 Å². The number of amides is 2. The van der Waals surface area contributed by atoms with E-state index in [4.69, 9.17) is 5.11 Å². The first kappa shape index (κ1) is 18.8. The second kappa shape index (κ2) is 8.16. The van der Waals surface area contributed by atoms with Gasteiger partial charge in [0.05, 0.1) is 5.69 Å². The van der Waals surface area contributed by atoms with Crippen LogP contribution in [-0.2, 0) is 17.9 Å². The summed E-state index contributed by atoms with van der Waals surface area (Å²) in [5, 5.41) is 22.4. The molecule has 2 aromatic heterocycles. The number of para-hydroxylation sites is 1. The Bertz CT molecular complexity index is 1010. The first-order chi connectivity index (χ1) is 13.5. The molecule has 0 spiro atoms. The van der Waals surface area contributed by atoms with Gasteiger partial charge in [-0.3, -0.25) is 14.3 Å². The van der Waals surface area contributed by atoms with Gasteiger partial charge in [-0.25, -0.2) is 9.48 Å². The summed E-state index contributed by atoms with van der Waals surface area (Å²) in [6.07, 6.45) is 2.84. The first-order valence-electron chi connectivity index (χ1n) is 8.46. The molecule has 0 aliphatic carbocycles. The number of carboxylic acid groups (broad SMARTS) is 1. The molecule has 10 heteroatoms. The van der Waals surface area contributed by atoms with Gasteiger partial charge in [0.25, 0.3) is 5.91 Å². The second-order valence-electron chi connectivity index (χ2n) is 5.79. The predicted octanol–water partition coefficient (Wildman–Crippen LogP) is 1.69. The van der Waals surface area contributed by atoms with Crippen molar-refractivity contribution >= 4 is 29.2 Å². The predicted molar refractivity (Wildman–Crippen MR) is 100 cm³/mol. The zero-order valence-corrected chi connectivity index (χ0v) is 15.0. The summed E-state index contributed by atoms with van der Waals surface area (Å²) < 4.78 is 2.58. The molecule has 1 aromatic carbocycles. The fraction of sp³-hybridized carbons (Fsp3) is 0.167. The number of hydrogen-bond donors (Lipinski definition) is 3. The Morgan fingerprint density at radius 1 is 1.11 bits per heavy atom. The molecule has 3 aromatic rings. The third kappa shape index (κ3) is 4.23. The third-order valence-electron chi connectivity index (χ3n) is 3.84. The minimum absolute atomic E-state index is 0.0537. The number of nitrogens with one attached hydrogen (secondary N) is 2. The minimum atomic E-state index is -1.19. The van der Waals surface area contributed by atoms with Crippen molar-refractivity contribution < 1.29 is 19.5 Å². The topological polar surface area (TPSA) is 131 Å². The molecule has 3 N–H and O–H groups in total. The molecular formula is C18H18N6O4. The quantitative estimate of drug-likeness (QED) is 0.570. The van der Waals surface area contributed by atoms with Gasteiger partial charge in [0, 0.05) is 24.6 Å². The van der Waals surface area contributed by atoms with Crippen LogP contribution in [0.15, 0.2) is 48.8 Å². The van der Waals surface area contributed by atoms with Crippen LogP contribution >= 0.6 is 0 Å². The molecule has 0 unspecified atom stereocenters. The minimum Gasteiger partial charge on any atom is -0.477 e. The van der Waals surface area contributed by atoms with Gasteiger partial charge in [0.1, 0.15) is 12.2 Å². The van der Waals surface area contributed by atoms with E-state index in [2.05, 4.69) is 20.8 Å². The molecule has 10 nitrogen and oxygen atoms in total. The summed E-state index contributed by atoms with van der Waals surface area (Å²) >= 11 is 0. The van der Waals surface area contributed by atoms with Crippen molar-refractivity contribution in [3.8, 4) is 0 Å². The van der Waals surface area contributed by atoms with Crippen LogP contribution in [0.5, 0.6) is 0 Å². The van der Waals surface area contributed by atoms with E-state index < -0.39 is 17.8 Å². The van der Waals surface area contributed by atoms with Gasteiger partial charge < -0.3 is 15.7 Å². The molecule has 2 amide bonds. The molecular weight excluding hydrogens is 364 g/mol. The van der Waals surface area contributed by atoms with E-state index in [-0.39, 0.29) is 23.6 Å². The first-order valence-corrected chi connectivity index (χ1v) is 8.46. The van der Waals surface area contributed by atoms with Gasteiger partial charge in [-0.1, -0.05) is 18.2 Å². The number of benzene rings is 1. The van der Waals surface area contributed by atoms with E-state index in [1.165, 1.54) is 16.9 Å². The van der Waals surface area contributed by atoms with E-state index in [0.717, 1.165) is 4.68 Å². The van der Waals surface area contributed by atoms with Crippen LogP contribution in [0.2, 0.25) is 0 Å². The summed E-state index contributed by atoms with van der Waals surface area (Å²) in [5.41, 5.74) is 0.766. The van der Waals surface area contributed by atoms with Crippen LogP contribution in [0.3, 0.4) is 0 Å². The summed E-state index contributed by atoms with van der Waals surface area (Å²) in [6.45, 7) is 2.04. The van der Waals surface area contributed by atoms with Crippen molar-refractivity contribution in [3.05, 3.63) is 60.2 Å². The van der Waals surface area contributed by atoms with Crippen LogP contribution in [0.25, 0.3) is 0 Å². The number of carbonyl (C=O) groups is 3. The van der Waals surface area contributed by atoms with E-state index in [9.17, 15) is 14.4 Å². The fourth-order valence-corrected chi connectivity index (χ4v) is 2.52. The Labute approximate surface area is 159 Å². The van der Waals surface area contributed by atoms with Crippen LogP contribution < -0.4 is 10.6 Å². The third-order valence-corrected chi connectivity index (χ3v) is 3.84. The number of rotatable bonds is 7. The fourth-order valence-electron chi connectivity index (χ4n) is 2.52. The summed E-state index contributed by atoms with van der Waals surface area (Å²) in [5.74, 6) is -2.19. The van der Waals surface area contributed by atoms with Gasteiger partial charge in [0.2, 0.25) is 5.91 Å². The molecule has 0 atom stereocenters. The summed E-state index contributed by atoms with van der Waals surface area (Å²) in [6, 6.07) is 10.2. The number of carboxylic acids is 1. The van der Waals surface area contributed by atoms with Crippen molar-refractivity contribution in [1.29, 1.82) is 0 Å². The molecule has 3 rings (SSSR count). The van der Waals surface area contributed by atoms with E-state index in [1.807, 2.05) is 13.0 Å². The van der Waals surface area contributed by atoms with E-state index in [1.54, 1.807) is 30.5 Å². The lowest BCUT2D eigenvalue weighted by atomic mass is 10.3. The maximum Gasteiger partial charge on any atom is 0.354 e. The number of nitrogens with zero attached hydrogens (tertiary/aromatic N) is 4. The Balaban J connectivity index is 1.77. The Morgan fingerprint density at radius 2 is 1.86 bits per heavy atom.